The molecule has 4 unspecified atom stereocenters. The Balaban J connectivity index is 2.70. The van der Waals surface area contributed by atoms with E-state index in [1.54, 1.807) is 46.4 Å². The normalized spacial score (nSPS) is 14.2. The van der Waals surface area contributed by atoms with E-state index in [0.717, 1.165) is 29.5 Å². The summed E-state index contributed by atoms with van der Waals surface area (Å²) in [4.78, 5) is 57.6. The summed E-state index contributed by atoms with van der Waals surface area (Å²) in [5.74, 6) is -1.70. The van der Waals surface area contributed by atoms with Crippen LogP contribution in [0.3, 0.4) is 0 Å². The summed E-state index contributed by atoms with van der Waals surface area (Å²) >= 11 is 0. The van der Waals surface area contributed by atoms with Crippen LogP contribution in [0.15, 0.2) is 48.5 Å². The average Bonchev–Trinajstić information content (AvgIpc) is 2.98. The van der Waals surface area contributed by atoms with Crippen LogP contribution in [0.5, 0.6) is 0 Å². The Morgan fingerprint density at radius 3 is 2.02 bits per heavy atom. The van der Waals surface area contributed by atoms with Gasteiger partial charge in [-0.15, -0.1) is 0 Å². The third kappa shape index (κ3) is 13.0. The molecule has 266 valence electrons. The van der Waals surface area contributed by atoms with Crippen molar-refractivity contribution in [1.29, 1.82) is 0 Å². The second kappa shape index (κ2) is 18.0. The summed E-state index contributed by atoms with van der Waals surface area (Å²) in [5.41, 5.74) is 1.72. The van der Waals surface area contributed by atoms with Crippen molar-refractivity contribution in [3.63, 3.8) is 0 Å². The van der Waals surface area contributed by atoms with Crippen molar-refractivity contribution in [1.82, 2.24) is 15.5 Å². The zero-order valence-electron chi connectivity index (χ0n) is 31.1. The fourth-order valence-electron chi connectivity index (χ4n) is 5.37. The SMILES string of the molecule is CCCCCN(C(=O)C(NC(=O)OC(C)(C)C)C(C)CC)C(C(=O)NC(Cc1ccccc1)C(=O)OC(C)(C)C)c1cc(C)ccc1C. The minimum atomic E-state index is -1.08. The number of esters is 1. The van der Waals surface area contributed by atoms with Crippen molar-refractivity contribution < 1.29 is 28.7 Å². The minimum Gasteiger partial charge on any atom is -0.458 e. The van der Waals surface area contributed by atoms with E-state index in [-0.39, 0.29) is 24.8 Å². The van der Waals surface area contributed by atoms with Crippen molar-refractivity contribution in [2.45, 2.75) is 138 Å². The highest BCUT2D eigenvalue weighted by Crippen LogP contribution is 2.29. The van der Waals surface area contributed by atoms with Gasteiger partial charge in [0.05, 0.1) is 0 Å². The van der Waals surface area contributed by atoms with Crippen LogP contribution < -0.4 is 10.6 Å². The fourth-order valence-corrected chi connectivity index (χ4v) is 5.37. The molecule has 0 fully saturated rings. The molecule has 0 saturated heterocycles. The Bertz CT molecular complexity index is 1360. The van der Waals surface area contributed by atoms with Crippen LogP contribution in [0.2, 0.25) is 0 Å². The zero-order valence-corrected chi connectivity index (χ0v) is 31.1. The molecule has 0 radical (unpaired) electrons. The van der Waals surface area contributed by atoms with E-state index in [1.165, 1.54) is 0 Å². The molecular weight excluding hydrogens is 606 g/mol. The maximum Gasteiger partial charge on any atom is 0.408 e. The van der Waals surface area contributed by atoms with Crippen LogP contribution in [-0.4, -0.2) is 58.6 Å². The lowest BCUT2D eigenvalue weighted by Gasteiger charge is -2.37. The van der Waals surface area contributed by atoms with Crippen molar-refractivity contribution in [2.24, 2.45) is 5.92 Å². The molecule has 2 N–H and O–H groups in total. The molecule has 0 bridgehead atoms. The van der Waals surface area contributed by atoms with E-state index in [4.69, 9.17) is 9.47 Å². The van der Waals surface area contributed by atoms with Crippen molar-refractivity contribution in [3.8, 4) is 0 Å². The highest BCUT2D eigenvalue weighted by atomic mass is 16.6. The van der Waals surface area contributed by atoms with E-state index in [2.05, 4.69) is 17.6 Å². The van der Waals surface area contributed by atoms with Crippen molar-refractivity contribution in [2.75, 3.05) is 6.54 Å². The summed E-state index contributed by atoms with van der Waals surface area (Å²) in [6.45, 7) is 20.7. The maximum absolute atomic E-state index is 14.7. The molecule has 0 heterocycles. The van der Waals surface area contributed by atoms with Gasteiger partial charge in [0.2, 0.25) is 11.8 Å². The summed E-state index contributed by atoms with van der Waals surface area (Å²) in [7, 11) is 0. The lowest BCUT2D eigenvalue weighted by Crippen LogP contribution is -2.56. The predicted molar refractivity (Wildman–Crippen MR) is 190 cm³/mol. The molecule has 0 aliphatic heterocycles. The molecule has 2 aromatic rings. The lowest BCUT2D eigenvalue weighted by molar-refractivity contribution is -0.159. The Morgan fingerprint density at radius 2 is 1.46 bits per heavy atom. The number of benzene rings is 2. The second-order valence-electron chi connectivity index (χ2n) is 14.8. The van der Waals surface area contributed by atoms with E-state index in [1.807, 2.05) is 76.2 Å². The van der Waals surface area contributed by atoms with Crippen LogP contribution in [-0.2, 0) is 30.3 Å². The van der Waals surface area contributed by atoms with Gasteiger partial charge in [-0.25, -0.2) is 9.59 Å². The third-order valence-electron chi connectivity index (χ3n) is 8.02. The van der Waals surface area contributed by atoms with E-state index in [9.17, 15) is 19.2 Å². The molecule has 0 spiro atoms. The Morgan fingerprint density at radius 1 is 0.833 bits per heavy atom. The molecule has 3 amide bonds. The highest BCUT2D eigenvalue weighted by Gasteiger charge is 2.40. The van der Waals surface area contributed by atoms with Gasteiger partial charge in [-0.3, -0.25) is 9.59 Å². The van der Waals surface area contributed by atoms with Crippen LogP contribution in [0.25, 0.3) is 0 Å². The van der Waals surface area contributed by atoms with Gasteiger partial charge in [-0.05, 0) is 84.4 Å². The van der Waals surface area contributed by atoms with Gasteiger partial charge in [0, 0.05) is 13.0 Å². The number of rotatable bonds is 15. The smallest absolute Gasteiger partial charge is 0.408 e. The Labute approximate surface area is 288 Å². The first-order chi connectivity index (χ1) is 22.4. The van der Waals surface area contributed by atoms with Crippen molar-refractivity contribution in [3.05, 3.63) is 70.8 Å². The average molecular weight is 666 g/mol. The molecule has 0 aromatic heterocycles. The van der Waals surface area contributed by atoms with E-state index >= 15 is 0 Å². The number of carbonyl (C=O) groups is 4. The van der Waals surface area contributed by atoms with Crippen LogP contribution in [0, 0.1) is 19.8 Å². The first kappa shape index (κ1) is 40.3. The quantitative estimate of drug-likeness (QED) is 0.152. The number of nitrogens with one attached hydrogen (secondary N) is 2. The van der Waals surface area contributed by atoms with Gasteiger partial charge < -0.3 is 25.0 Å². The fraction of sp³-hybridized carbons (Fsp3) is 0.590. The summed E-state index contributed by atoms with van der Waals surface area (Å²) in [6.07, 6.45) is 2.51. The summed E-state index contributed by atoms with van der Waals surface area (Å²) in [6, 6.07) is 12.2. The number of alkyl carbamates (subject to hydrolysis) is 1. The number of hydrogen-bond acceptors (Lipinski definition) is 6. The maximum atomic E-state index is 14.7. The Hall–Kier alpha value is -3.88. The molecular formula is C39H59N3O6. The molecule has 48 heavy (non-hydrogen) atoms. The molecule has 0 aliphatic rings. The van der Waals surface area contributed by atoms with Crippen LogP contribution in [0.1, 0.15) is 116 Å². The first-order valence-electron chi connectivity index (χ1n) is 17.3. The molecule has 9 heteroatoms. The topological polar surface area (TPSA) is 114 Å². The van der Waals surface area contributed by atoms with E-state index < -0.39 is 47.3 Å². The summed E-state index contributed by atoms with van der Waals surface area (Å²) < 4.78 is 11.3. The van der Waals surface area contributed by atoms with Gasteiger partial charge in [0.15, 0.2) is 0 Å². The number of nitrogens with zero attached hydrogens (tertiary/aromatic N) is 1. The third-order valence-corrected chi connectivity index (χ3v) is 8.02. The number of hydrogen-bond donors (Lipinski definition) is 2. The molecule has 0 aliphatic carbocycles. The molecule has 2 aromatic carbocycles. The van der Waals surface area contributed by atoms with Gasteiger partial charge in [0.25, 0.3) is 0 Å². The predicted octanol–water partition coefficient (Wildman–Crippen LogP) is 7.37. The highest BCUT2D eigenvalue weighted by molar-refractivity contribution is 5.94. The van der Waals surface area contributed by atoms with Gasteiger partial charge in [0.1, 0.15) is 29.3 Å². The van der Waals surface area contributed by atoms with E-state index in [0.29, 0.717) is 18.4 Å². The molecule has 2 rings (SSSR count). The zero-order chi connectivity index (χ0) is 36.2. The minimum absolute atomic E-state index is 0.209. The van der Waals surface area contributed by atoms with Crippen LogP contribution >= 0.6 is 0 Å². The van der Waals surface area contributed by atoms with Gasteiger partial charge in [-0.2, -0.15) is 0 Å². The number of amides is 3. The summed E-state index contributed by atoms with van der Waals surface area (Å²) in [5, 5.41) is 5.82. The molecule has 9 nitrogen and oxygen atoms in total. The number of aryl methyl sites for hydroxylation is 2. The Kier molecular flexibility index (Phi) is 15.1. The number of ether oxygens (including phenoxy) is 2. The largest absolute Gasteiger partial charge is 0.458 e. The standard InChI is InChI=1S/C39H59N3O6/c1-12-14-18-23-42(35(44)32(27(4)13-2)41-37(46)48-39(9,10)11)33(30-24-26(3)21-22-28(30)5)34(43)40-31(36(45)47-38(6,7)8)25-29-19-16-15-17-20-29/h15-17,19-22,24,27,31-33H,12-14,18,23,25H2,1-11H3,(H,40,43)(H,41,46). The first-order valence-corrected chi connectivity index (χ1v) is 17.3. The number of unbranched alkanes of at least 4 members (excludes halogenated alkanes) is 2. The lowest BCUT2D eigenvalue weighted by atomic mass is 9.93. The van der Waals surface area contributed by atoms with Gasteiger partial charge >= 0.3 is 12.1 Å². The van der Waals surface area contributed by atoms with Gasteiger partial charge in [-0.1, -0.05) is 94.1 Å². The van der Waals surface area contributed by atoms with Crippen molar-refractivity contribution >= 4 is 23.9 Å². The van der Waals surface area contributed by atoms with Crippen LogP contribution in [0.4, 0.5) is 4.79 Å². The monoisotopic (exact) mass is 665 g/mol. The molecule has 4 atom stereocenters. The molecule has 0 saturated carbocycles. The number of carbonyl (C=O) groups excluding carboxylic acids is 4. The second-order valence-corrected chi connectivity index (χ2v) is 14.8.